The lowest BCUT2D eigenvalue weighted by Gasteiger charge is -2.42. The maximum absolute atomic E-state index is 13.0. The van der Waals surface area contributed by atoms with Crippen molar-refractivity contribution in [3.05, 3.63) is 36.5 Å². The van der Waals surface area contributed by atoms with Crippen molar-refractivity contribution in [1.29, 1.82) is 0 Å². The van der Waals surface area contributed by atoms with Gasteiger partial charge in [-0.3, -0.25) is 4.79 Å². The zero-order valence-electron chi connectivity index (χ0n) is 43.1. The van der Waals surface area contributed by atoms with Gasteiger partial charge in [0, 0.05) is 13.0 Å². The molecule has 404 valence electrons. The van der Waals surface area contributed by atoms with E-state index in [4.69, 9.17) is 28.4 Å². The van der Waals surface area contributed by atoms with Crippen molar-refractivity contribution in [2.24, 2.45) is 0 Å². The normalized spacial score (nSPS) is 25.9. The minimum absolute atomic E-state index is 0.0573. The van der Waals surface area contributed by atoms with Crippen LogP contribution in [0.1, 0.15) is 206 Å². The molecule has 2 saturated heterocycles. The van der Waals surface area contributed by atoms with Gasteiger partial charge in [-0.25, -0.2) is 0 Å². The van der Waals surface area contributed by atoms with Gasteiger partial charge in [0.15, 0.2) is 12.6 Å². The summed E-state index contributed by atoms with van der Waals surface area (Å²) in [6.07, 6.45) is 32.0. The molecular weight excluding hydrogens is 885 g/mol. The largest absolute Gasteiger partial charge is 0.457 e. The lowest BCUT2D eigenvalue weighted by molar-refractivity contribution is -0.332. The SMILES string of the molecule is CCCCC/C=C\C/C=C\CCCCCCCCCC(=O)OC(COCCCCCCCCCC/C=C\CCCCCCCC)COC1OC(COC2OC(CO)C(O)C(O)C2O)C(O)C(O)C1O. The van der Waals surface area contributed by atoms with Crippen LogP contribution in [0.15, 0.2) is 36.5 Å². The molecule has 2 aliphatic rings. The van der Waals surface area contributed by atoms with Crippen LogP contribution in [0.25, 0.3) is 0 Å². The number of ether oxygens (including phenoxy) is 6. The van der Waals surface area contributed by atoms with E-state index in [1.54, 1.807) is 0 Å². The number of aliphatic hydroxyl groups excluding tert-OH is 7. The number of rotatable bonds is 44. The van der Waals surface area contributed by atoms with Crippen LogP contribution in [-0.2, 0) is 33.2 Å². The van der Waals surface area contributed by atoms with E-state index in [9.17, 15) is 40.5 Å². The second-order valence-electron chi connectivity index (χ2n) is 19.4. The fraction of sp³-hybridized carbons (Fsp3) is 0.873. The van der Waals surface area contributed by atoms with Crippen LogP contribution < -0.4 is 0 Å². The van der Waals surface area contributed by atoms with Gasteiger partial charge >= 0.3 is 5.97 Å². The third-order valence-electron chi connectivity index (χ3n) is 13.1. The fourth-order valence-corrected chi connectivity index (χ4v) is 8.60. The van der Waals surface area contributed by atoms with E-state index in [0.717, 1.165) is 51.4 Å². The Balaban J connectivity index is 1.75. The van der Waals surface area contributed by atoms with Crippen molar-refractivity contribution in [3.8, 4) is 0 Å². The van der Waals surface area contributed by atoms with E-state index in [1.807, 2.05) is 0 Å². The predicted octanol–water partition coefficient (Wildman–Crippen LogP) is 8.97. The fourth-order valence-electron chi connectivity index (χ4n) is 8.60. The highest BCUT2D eigenvalue weighted by Crippen LogP contribution is 2.26. The van der Waals surface area contributed by atoms with Crippen molar-refractivity contribution in [1.82, 2.24) is 0 Å². The molecule has 7 N–H and O–H groups in total. The summed E-state index contributed by atoms with van der Waals surface area (Å²) in [5, 5.41) is 72.2. The summed E-state index contributed by atoms with van der Waals surface area (Å²) in [5.41, 5.74) is 0. The van der Waals surface area contributed by atoms with Gasteiger partial charge in [0.05, 0.1) is 26.4 Å². The average Bonchev–Trinajstić information content (AvgIpc) is 3.35. The first-order chi connectivity index (χ1) is 33.6. The Morgan fingerprint density at radius 1 is 0.478 bits per heavy atom. The summed E-state index contributed by atoms with van der Waals surface area (Å²) in [5.74, 6) is -0.384. The lowest BCUT2D eigenvalue weighted by atomic mass is 9.98. The Bertz CT molecular complexity index is 1280. The first kappa shape index (κ1) is 63.3. The van der Waals surface area contributed by atoms with Crippen LogP contribution in [0.3, 0.4) is 0 Å². The molecule has 0 aromatic heterocycles. The molecule has 0 amide bonds. The second kappa shape index (κ2) is 42.7. The predicted molar refractivity (Wildman–Crippen MR) is 270 cm³/mol. The molecule has 14 heteroatoms. The zero-order valence-corrected chi connectivity index (χ0v) is 43.1. The van der Waals surface area contributed by atoms with E-state index in [1.165, 1.54) is 128 Å². The van der Waals surface area contributed by atoms with Gasteiger partial charge in [0.1, 0.15) is 54.9 Å². The van der Waals surface area contributed by atoms with Crippen LogP contribution >= 0.6 is 0 Å². The van der Waals surface area contributed by atoms with Crippen molar-refractivity contribution in [3.63, 3.8) is 0 Å². The Kier molecular flexibility index (Phi) is 39.2. The second-order valence-corrected chi connectivity index (χ2v) is 19.4. The average molecular weight is 985 g/mol. The highest BCUT2D eigenvalue weighted by atomic mass is 16.7. The highest BCUT2D eigenvalue weighted by Gasteiger charge is 2.47. The first-order valence-corrected chi connectivity index (χ1v) is 27.6. The molecule has 0 bridgehead atoms. The molecule has 0 aromatic carbocycles. The monoisotopic (exact) mass is 985 g/mol. The van der Waals surface area contributed by atoms with Gasteiger partial charge in [0.25, 0.3) is 0 Å². The molecule has 11 unspecified atom stereocenters. The van der Waals surface area contributed by atoms with Crippen LogP contribution in [0.4, 0.5) is 0 Å². The summed E-state index contributed by atoms with van der Waals surface area (Å²) < 4.78 is 34.3. The minimum Gasteiger partial charge on any atom is -0.457 e. The van der Waals surface area contributed by atoms with Gasteiger partial charge in [-0.05, 0) is 70.6 Å². The number of hydrogen-bond donors (Lipinski definition) is 7. The van der Waals surface area contributed by atoms with Crippen LogP contribution in [0, 0.1) is 0 Å². The summed E-state index contributed by atoms with van der Waals surface area (Å²) in [6, 6.07) is 0. The molecule has 2 fully saturated rings. The van der Waals surface area contributed by atoms with E-state index < -0.39 is 80.7 Å². The minimum atomic E-state index is -1.71. The van der Waals surface area contributed by atoms with E-state index in [2.05, 4.69) is 50.3 Å². The van der Waals surface area contributed by atoms with E-state index in [-0.39, 0.29) is 25.6 Å². The van der Waals surface area contributed by atoms with Crippen LogP contribution in [0.5, 0.6) is 0 Å². The lowest BCUT2D eigenvalue weighted by Crippen LogP contribution is -2.61. The number of allylic oxidation sites excluding steroid dienone is 6. The van der Waals surface area contributed by atoms with Gasteiger partial charge in [0.2, 0.25) is 0 Å². The standard InChI is InChI=1S/C55H100O14/c1-3-5-7-9-11-13-15-17-19-21-23-25-27-29-31-33-35-37-39-64-41-44(67-47(57)38-36-34-32-30-28-26-24-22-20-18-16-14-12-10-8-6-4-2)42-65-54-53(63)51(61)49(59)46(69-54)43-66-55-52(62)50(60)48(58)45(40-56)68-55/h12,14,17-20,44-46,48-56,58-63H,3-11,13,15-16,21-43H2,1-2H3/b14-12-,19-17-,20-18-. The molecule has 2 aliphatic heterocycles. The Labute approximate surface area is 417 Å². The smallest absolute Gasteiger partial charge is 0.306 e. The van der Waals surface area contributed by atoms with Crippen molar-refractivity contribution >= 4 is 5.97 Å². The van der Waals surface area contributed by atoms with Crippen molar-refractivity contribution in [2.45, 2.75) is 274 Å². The number of carbonyl (C=O) groups excluding carboxylic acids is 1. The summed E-state index contributed by atoms with van der Waals surface area (Å²) in [6.45, 7) is 3.66. The topological polar surface area (TPSA) is 214 Å². The first-order valence-electron chi connectivity index (χ1n) is 27.6. The molecule has 0 aliphatic carbocycles. The highest BCUT2D eigenvalue weighted by molar-refractivity contribution is 5.69. The maximum atomic E-state index is 13.0. The Morgan fingerprint density at radius 3 is 1.43 bits per heavy atom. The van der Waals surface area contributed by atoms with Gasteiger partial charge in [-0.2, -0.15) is 0 Å². The molecule has 11 atom stereocenters. The molecule has 2 heterocycles. The van der Waals surface area contributed by atoms with Crippen molar-refractivity contribution in [2.75, 3.05) is 33.0 Å². The molecule has 69 heavy (non-hydrogen) atoms. The zero-order chi connectivity index (χ0) is 50.2. The van der Waals surface area contributed by atoms with E-state index >= 15 is 0 Å². The van der Waals surface area contributed by atoms with Gasteiger partial charge in [-0.15, -0.1) is 0 Å². The molecule has 0 spiro atoms. The summed E-state index contributed by atoms with van der Waals surface area (Å²) in [4.78, 5) is 13.0. The number of carbonyl (C=O) groups is 1. The molecule has 14 nitrogen and oxygen atoms in total. The van der Waals surface area contributed by atoms with Crippen molar-refractivity contribution < 1.29 is 69.0 Å². The molecular formula is C55H100O14. The number of unbranched alkanes of at least 4 members (excludes halogenated alkanes) is 24. The quantitative estimate of drug-likeness (QED) is 0.0173. The third kappa shape index (κ3) is 30.1. The third-order valence-corrected chi connectivity index (χ3v) is 13.1. The number of hydrogen-bond acceptors (Lipinski definition) is 14. The molecule has 0 saturated carbocycles. The summed E-state index contributed by atoms with van der Waals surface area (Å²) in [7, 11) is 0. The Hall–Kier alpha value is -1.79. The number of esters is 1. The summed E-state index contributed by atoms with van der Waals surface area (Å²) >= 11 is 0. The van der Waals surface area contributed by atoms with Gasteiger partial charge < -0.3 is 64.2 Å². The maximum Gasteiger partial charge on any atom is 0.306 e. The molecule has 0 aromatic rings. The number of aliphatic hydroxyl groups is 7. The van der Waals surface area contributed by atoms with Gasteiger partial charge in [-0.1, -0.05) is 166 Å². The van der Waals surface area contributed by atoms with Crippen LogP contribution in [0.2, 0.25) is 0 Å². The molecule has 2 rings (SSSR count). The van der Waals surface area contributed by atoms with Crippen LogP contribution in [-0.4, -0.2) is 142 Å². The van der Waals surface area contributed by atoms with E-state index in [0.29, 0.717) is 13.0 Å². The molecule has 0 radical (unpaired) electrons. The Morgan fingerprint density at radius 2 is 0.899 bits per heavy atom.